The van der Waals surface area contributed by atoms with Gasteiger partial charge in [0.05, 0.1) is 22.3 Å². The minimum atomic E-state index is -3.36. The fraction of sp³-hybridized carbons (Fsp3) is 0.462. The van der Waals surface area contributed by atoms with Crippen LogP contribution in [0.3, 0.4) is 0 Å². The van der Waals surface area contributed by atoms with Crippen LogP contribution in [-0.2, 0) is 20.6 Å². The molecule has 5 nitrogen and oxygen atoms in total. The molecule has 2 atom stereocenters. The van der Waals surface area contributed by atoms with Crippen molar-refractivity contribution in [3.05, 3.63) is 29.8 Å². The predicted octanol–water partition coefficient (Wildman–Crippen LogP) is 0.689. The Bertz CT molecular complexity index is 603. The van der Waals surface area contributed by atoms with Crippen LogP contribution in [0.2, 0.25) is 0 Å². The van der Waals surface area contributed by atoms with Crippen LogP contribution in [0.25, 0.3) is 0 Å². The molecule has 0 aliphatic rings. The molecule has 0 aliphatic carbocycles. The topological polar surface area (TPSA) is 87.0 Å². The molecule has 0 radical (unpaired) electrons. The summed E-state index contributed by atoms with van der Waals surface area (Å²) < 4.78 is 35.1. The van der Waals surface area contributed by atoms with Gasteiger partial charge in [0, 0.05) is 35.4 Å². The zero-order valence-electron chi connectivity index (χ0n) is 11.5. The number of rotatable bonds is 7. The molecule has 0 fully saturated rings. The summed E-state index contributed by atoms with van der Waals surface area (Å²) in [6.45, 7) is 2.18. The van der Waals surface area contributed by atoms with Crippen molar-refractivity contribution in [3.8, 4) is 6.07 Å². The fourth-order valence-corrected chi connectivity index (χ4v) is 3.70. The summed E-state index contributed by atoms with van der Waals surface area (Å²) >= 11 is 0. The van der Waals surface area contributed by atoms with Crippen LogP contribution in [0.5, 0.6) is 0 Å². The first kappa shape index (κ1) is 16.8. The van der Waals surface area contributed by atoms with Crippen molar-refractivity contribution < 1.29 is 12.6 Å². The van der Waals surface area contributed by atoms with Crippen LogP contribution >= 0.6 is 0 Å². The third kappa shape index (κ3) is 5.41. The van der Waals surface area contributed by atoms with Crippen LogP contribution in [0.1, 0.15) is 12.5 Å². The lowest BCUT2D eigenvalue weighted by Crippen LogP contribution is -2.34. The lowest BCUT2D eigenvalue weighted by molar-refractivity contribution is 0.578. The van der Waals surface area contributed by atoms with Gasteiger partial charge in [-0.2, -0.15) is 5.26 Å². The zero-order chi connectivity index (χ0) is 15.2. The molecule has 1 rings (SSSR count). The number of nitriles is 1. The lowest BCUT2D eigenvalue weighted by atomic mass is 10.2. The Kier molecular flexibility index (Phi) is 6.33. The summed E-state index contributed by atoms with van der Waals surface area (Å²) in [5, 5.41) is 11.7. The van der Waals surface area contributed by atoms with Gasteiger partial charge in [0.15, 0.2) is 9.84 Å². The fourth-order valence-electron chi connectivity index (χ4n) is 1.71. The molecule has 0 saturated heterocycles. The SMILES string of the molecule is CC(CS(C)=O)NCCS(=O)(=O)c1ccc(C#N)cc1. The van der Waals surface area contributed by atoms with Crippen molar-refractivity contribution in [2.75, 3.05) is 24.3 Å². The van der Waals surface area contributed by atoms with E-state index in [1.807, 2.05) is 13.0 Å². The quantitative estimate of drug-likeness (QED) is 0.800. The number of nitrogens with one attached hydrogen (secondary N) is 1. The highest BCUT2D eigenvalue weighted by Crippen LogP contribution is 2.11. The number of nitrogens with zero attached hydrogens (tertiary/aromatic N) is 1. The molecule has 1 N–H and O–H groups in total. The van der Waals surface area contributed by atoms with Gasteiger partial charge in [0.25, 0.3) is 0 Å². The summed E-state index contributed by atoms with van der Waals surface area (Å²) in [7, 11) is -4.26. The summed E-state index contributed by atoms with van der Waals surface area (Å²) in [5.74, 6) is 0.469. The Morgan fingerprint density at radius 2 is 1.95 bits per heavy atom. The molecular weight excluding hydrogens is 296 g/mol. The summed E-state index contributed by atoms with van der Waals surface area (Å²) in [6, 6.07) is 7.82. The van der Waals surface area contributed by atoms with E-state index in [2.05, 4.69) is 5.32 Å². The Hall–Kier alpha value is -1.23. The second-order valence-corrected chi connectivity index (χ2v) is 8.14. The summed E-state index contributed by atoms with van der Waals surface area (Å²) in [4.78, 5) is 0.213. The number of hydrogen-bond acceptors (Lipinski definition) is 5. The molecule has 20 heavy (non-hydrogen) atoms. The van der Waals surface area contributed by atoms with Gasteiger partial charge in [-0.05, 0) is 31.2 Å². The first-order valence-corrected chi connectivity index (χ1v) is 9.49. The van der Waals surface area contributed by atoms with Gasteiger partial charge in [-0.3, -0.25) is 4.21 Å². The van der Waals surface area contributed by atoms with Gasteiger partial charge >= 0.3 is 0 Å². The molecule has 0 spiro atoms. The maximum atomic E-state index is 12.1. The Balaban J connectivity index is 2.57. The Labute approximate surface area is 122 Å². The van der Waals surface area contributed by atoms with Crippen molar-refractivity contribution >= 4 is 20.6 Å². The van der Waals surface area contributed by atoms with E-state index in [0.717, 1.165) is 0 Å². The number of sulfone groups is 1. The standard InChI is InChI=1S/C13H18N2O3S2/c1-11(10-19(2)16)15-7-8-20(17,18)13-5-3-12(9-14)4-6-13/h3-6,11,15H,7-8,10H2,1-2H3. The molecule has 7 heteroatoms. The van der Waals surface area contributed by atoms with E-state index in [0.29, 0.717) is 17.9 Å². The Morgan fingerprint density at radius 3 is 2.45 bits per heavy atom. The molecule has 0 bridgehead atoms. The molecular formula is C13H18N2O3S2. The monoisotopic (exact) mass is 314 g/mol. The van der Waals surface area contributed by atoms with E-state index in [9.17, 15) is 12.6 Å². The first-order chi connectivity index (χ1) is 9.35. The van der Waals surface area contributed by atoms with E-state index < -0.39 is 20.6 Å². The van der Waals surface area contributed by atoms with Crippen LogP contribution < -0.4 is 5.32 Å². The van der Waals surface area contributed by atoms with Gasteiger partial charge in [-0.25, -0.2) is 8.42 Å². The lowest BCUT2D eigenvalue weighted by Gasteiger charge is -2.12. The number of benzene rings is 1. The normalized spacial score (nSPS) is 14.4. The van der Waals surface area contributed by atoms with E-state index in [-0.39, 0.29) is 16.7 Å². The molecule has 0 aromatic heterocycles. The molecule has 2 unspecified atom stereocenters. The first-order valence-electron chi connectivity index (χ1n) is 6.11. The highest BCUT2D eigenvalue weighted by molar-refractivity contribution is 7.91. The second kappa shape index (κ2) is 7.53. The molecule has 1 aromatic carbocycles. The van der Waals surface area contributed by atoms with E-state index in [4.69, 9.17) is 5.26 Å². The van der Waals surface area contributed by atoms with Crippen LogP contribution in [0.15, 0.2) is 29.2 Å². The molecule has 0 heterocycles. The zero-order valence-corrected chi connectivity index (χ0v) is 13.1. The highest BCUT2D eigenvalue weighted by Gasteiger charge is 2.14. The molecule has 0 aliphatic heterocycles. The van der Waals surface area contributed by atoms with Gasteiger partial charge in [-0.15, -0.1) is 0 Å². The maximum absolute atomic E-state index is 12.1. The van der Waals surface area contributed by atoms with E-state index in [1.165, 1.54) is 24.3 Å². The van der Waals surface area contributed by atoms with Gasteiger partial charge in [-0.1, -0.05) is 0 Å². The summed E-state index contributed by atoms with van der Waals surface area (Å²) in [6.07, 6.45) is 1.62. The largest absolute Gasteiger partial charge is 0.312 e. The molecule has 1 aromatic rings. The Morgan fingerprint density at radius 1 is 1.35 bits per heavy atom. The van der Waals surface area contributed by atoms with Crippen molar-refractivity contribution in [1.82, 2.24) is 5.32 Å². The molecule has 0 amide bonds. The van der Waals surface area contributed by atoms with Gasteiger partial charge < -0.3 is 5.32 Å². The second-order valence-electron chi connectivity index (χ2n) is 4.55. The number of hydrogen-bond donors (Lipinski definition) is 1. The predicted molar refractivity (Wildman–Crippen MR) is 79.6 cm³/mol. The smallest absolute Gasteiger partial charge is 0.179 e. The van der Waals surface area contributed by atoms with E-state index >= 15 is 0 Å². The van der Waals surface area contributed by atoms with Crippen molar-refractivity contribution in [2.45, 2.75) is 17.9 Å². The average Bonchev–Trinajstić information content (AvgIpc) is 2.37. The van der Waals surface area contributed by atoms with Gasteiger partial charge in [0.2, 0.25) is 0 Å². The minimum absolute atomic E-state index is 0.0111. The van der Waals surface area contributed by atoms with E-state index in [1.54, 1.807) is 6.26 Å². The molecule has 110 valence electrons. The average molecular weight is 314 g/mol. The van der Waals surface area contributed by atoms with Crippen molar-refractivity contribution in [1.29, 1.82) is 5.26 Å². The van der Waals surface area contributed by atoms with Crippen LogP contribution in [-0.4, -0.2) is 43.0 Å². The minimum Gasteiger partial charge on any atom is -0.312 e. The third-order valence-electron chi connectivity index (χ3n) is 2.69. The van der Waals surface area contributed by atoms with Gasteiger partial charge in [0.1, 0.15) is 0 Å². The van der Waals surface area contributed by atoms with Crippen molar-refractivity contribution in [3.63, 3.8) is 0 Å². The third-order valence-corrected chi connectivity index (χ3v) is 5.39. The maximum Gasteiger partial charge on any atom is 0.179 e. The van der Waals surface area contributed by atoms with Crippen molar-refractivity contribution in [2.24, 2.45) is 0 Å². The highest BCUT2D eigenvalue weighted by atomic mass is 32.2. The molecule has 0 saturated carbocycles. The summed E-state index contributed by atoms with van der Waals surface area (Å²) in [5.41, 5.74) is 0.432. The van der Waals surface area contributed by atoms with Crippen LogP contribution in [0, 0.1) is 11.3 Å². The van der Waals surface area contributed by atoms with Crippen LogP contribution in [0.4, 0.5) is 0 Å².